The number of anilines is 1. The number of phenolic OH excluding ortho intramolecular Hbond substituents is 1. The monoisotopic (exact) mass is 294 g/mol. The molecule has 0 saturated carbocycles. The third kappa shape index (κ3) is 6.14. The van der Waals surface area contributed by atoms with Gasteiger partial charge in [-0.3, -0.25) is 9.63 Å². The van der Waals surface area contributed by atoms with Crippen molar-refractivity contribution in [1.29, 1.82) is 0 Å². The van der Waals surface area contributed by atoms with Crippen LogP contribution in [0.3, 0.4) is 0 Å². The van der Waals surface area contributed by atoms with Gasteiger partial charge in [0.15, 0.2) is 0 Å². The van der Waals surface area contributed by atoms with E-state index in [1.807, 2.05) is 34.6 Å². The van der Waals surface area contributed by atoms with E-state index >= 15 is 0 Å². The molecule has 1 rings (SSSR count). The second kappa shape index (κ2) is 7.43. The lowest BCUT2D eigenvalue weighted by atomic mass is 10.1. The number of rotatable bonds is 6. The molecule has 0 heterocycles. The maximum atomic E-state index is 11.6. The zero-order valence-electron chi connectivity index (χ0n) is 13.5. The van der Waals surface area contributed by atoms with Gasteiger partial charge in [-0.1, -0.05) is 6.92 Å². The summed E-state index contributed by atoms with van der Waals surface area (Å²) in [6.45, 7) is 9.66. The normalized spacial score (nSPS) is 13.0. The van der Waals surface area contributed by atoms with Gasteiger partial charge in [0.1, 0.15) is 5.75 Å². The number of carbonyl (C=O) groups excluding carboxylic acids is 1. The molecule has 5 heteroatoms. The van der Waals surface area contributed by atoms with Crippen LogP contribution in [0.5, 0.6) is 5.75 Å². The van der Waals surface area contributed by atoms with Crippen LogP contribution in [-0.4, -0.2) is 16.6 Å². The van der Waals surface area contributed by atoms with Gasteiger partial charge >= 0.3 is 0 Å². The molecule has 1 atom stereocenters. The minimum Gasteiger partial charge on any atom is -0.508 e. The second-order valence-electron chi connectivity index (χ2n) is 6.13. The predicted octanol–water partition coefficient (Wildman–Crippen LogP) is 3.51. The van der Waals surface area contributed by atoms with E-state index in [0.29, 0.717) is 17.7 Å². The van der Waals surface area contributed by atoms with Gasteiger partial charge in [0.2, 0.25) is 5.91 Å². The first-order chi connectivity index (χ1) is 9.73. The van der Waals surface area contributed by atoms with Gasteiger partial charge in [0.05, 0.1) is 11.6 Å². The van der Waals surface area contributed by atoms with Gasteiger partial charge in [-0.05, 0) is 52.3 Å². The Morgan fingerprint density at radius 1 is 1.38 bits per heavy atom. The largest absolute Gasteiger partial charge is 0.508 e. The first-order valence-electron chi connectivity index (χ1n) is 7.29. The summed E-state index contributed by atoms with van der Waals surface area (Å²) in [6.07, 6.45) is 1.28. The Morgan fingerprint density at radius 2 is 2.05 bits per heavy atom. The van der Waals surface area contributed by atoms with E-state index in [2.05, 4.69) is 10.8 Å². The molecular weight excluding hydrogens is 268 g/mol. The minimum atomic E-state index is -0.323. The van der Waals surface area contributed by atoms with E-state index in [9.17, 15) is 9.90 Å². The highest BCUT2D eigenvalue weighted by molar-refractivity contribution is 5.90. The number of amides is 1. The fourth-order valence-electron chi connectivity index (χ4n) is 1.76. The number of hydroxylamine groups is 1. The van der Waals surface area contributed by atoms with Crippen molar-refractivity contribution in [2.75, 3.05) is 5.32 Å². The molecule has 0 aliphatic rings. The van der Waals surface area contributed by atoms with E-state index in [1.54, 1.807) is 18.2 Å². The summed E-state index contributed by atoms with van der Waals surface area (Å²) in [5.74, 6) is 0.140. The SMILES string of the molecule is CCCC(=O)Nc1ccc(O)c(C(C)NOC(C)(C)C)c1. The molecule has 0 fully saturated rings. The molecule has 21 heavy (non-hydrogen) atoms. The van der Waals surface area contributed by atoms with Crippen molar-refractivity contribution >= 4 is 11.6 Å². The van der Waals surface area contributed by atoms with Crippen LogP contribution in [0.25, 0.3) is 0 Å². The van der Waals surface area contributed by atoms with Crippen LogP contribution < -0.4 is 10.8 Å². The van der Waals surface area contributed by atoms with Gasteiger partial charge in [-0.25, -0.2) is 0 Å². The number of carbonyl (C=O) groups is 1. The zero-order chi connectivity index (χ0) is 16.0. The molecule has 0 saturated heterocycles. The summed E-state index contributed by atoms with van der Waals surface area (Å²) in [6, 6.07) is 4.81. The highest BCUT2D eigenvalue weighted by Crippen LogP contribution is 2.28. The van der Waals surface area contributed by atoms with Crippen molar-refractivity contribution in [1.82, 2.24) is 5.48 Å². The van der Waals surface area contributed by atoms with Crippen LogP contribution in [0.1, 0.15) is 59.1 Å². The van der Waals surface area contributed by atoms with Gasteiger partial charge < -0.3 is 10.4 Å². The fourth-order valence-corrected chi connectivity index (χ4v) is 1.76. The molecular formula is C16H26N2O3. The number of phenols is 1. The molecule has 0 aliphatic carbocycles. The highest BCUT2D eigenvalue weighted by atomic mass is 16.7. The Balaban J connectivity index is 2.79. The standard InChI is InChI=1S/C16H26N2O3/c1-6-7-15(20)17-12-8-9-14(19)13(10-12)11(2)18-21-16(3,4)5/h8-11,18-19H,6-7H2,1-5H3,(H,17,20). The van der Waals surface area contributed by atoms with Crippen molar-refractivity contribution in [3.8, 4) is 5.75 Å². The maximum Gasteiger partial charge on any atom is 0.224 e. The lowest BCUT2D eigenvalue weighted by Crippen LogP contribution is -2.31. The molecule has 0 bridgehead atoms. The molecule has 1 aromatic rings. The minimum absolute atomic E-state index is 0.0271. The molecule has 1 aromatic carbocycles. The molecule has 0 aromatic heterocycles. The van der Waals surface area contributed by atoms with Crippen molar-refractivity contribution in [3.63, 3.8) is 0 Å². The van der Waals surface area contributed by atoms with Crippen LogP contribution in [0.4, 0.5) is 5.69 Å². The number of hydrogen-bond donors (Lipinski definition) is 3. The van der Waals surface area contributed by atoms with E-state index in [4.69, 9.17) is 4.84 Å². The summed E-state index contributed by atoms with van der Waals surface area (Å²) < 4.78 is 0. The molecule has 118 valence electrons. The summed E-state index contributed by atoms with van der Waals surface area (Å²) in [4.78, 5) is 17.1. The number of aromatic hydroxyl groups is 1. The first-order valence-corrected chi connectivity index (χ1v) is 7.29. The molecule has 0 spiro atoms. The molecule has 1 unspecified atom stereocenters. The summed E-state index contributed by atoms with van der Waals surface area (Å²) in [5.41, 5.74) is 3.94. The van der Waals surface area contributed by atoms with Crippen molar-refractivity contribution in [2.24, 2.45) is 0 Å². The average Bonchev–Trinajstić information content (AvgIpc) is 2.37. The van der Waals surface area contributed by atoms with E-state index in [0.717, 1.165) is 6.42 Å². The smallest absolute Gasteiger partial charge is 0.224 e. The fraction of sp³-hybridized carbons (Fsp3) is 0.562. The highest BCUT2D eigenvalue weighted by Gasteiger charge is 2.16. The van der Waals surface area contributed by atoms with E-state index < -0.39 is 0 Å². The van der Waals surface area contributed by atoms with Crippen LogP contribution >= 0.6 is 0 Å². The van der Waals surface area contributed by atoms with Gasteiger partial charge in [0.25, 0.3) is 0 Å². The molecule has 0 radical (unpaired) electrons. The van der Waals surface area contributed by atoms with Gasteiger partial charge in [-0.2, -0.15) is 5.48 Å². The van der Waals surface area contributed by atoms with Crippen molar-refractivity contribution in [2.45, 2.75) is 59.1 Å². The van der Waals surface area contributed by atoms with Crippen LogP contribution in [0.2, 0.25) is 0 Å². The number of nitrogens with one attached hydrogen (secondary N) is 2. The maximum absolute atomic E-state index is 11.6. The summed E-state index contributed by atoms with van der Waals surface area (Å²) in [7, 11) is 0. The van der Waals surface area contributed by atoms with Crippen molar-refractivity contribution in [3.05, 3.63) is 23.8 Å². The number of benzene rings is 1. The van der Waals surface area contributed by atoms with Crippen LogP contribution in [0.15, 0.2) is 18.2 Å². The van der Waals surface area contributed by atoms with E-state index in [1.165, 1.54) is 0 Å². The first kappa shape index (κ1) is 17.5. The van der Waals surface area contributed by atoms with Gasteiger partial charge in [0, 0.05) is 17.7 Å². The molecule has 1 amide bonds. The molecule has 0 aliphatic heterocycles. The Bertz CT molecular complexity index is 481. The Hall–Kier alpha value is -1.59. The second-order valence-corrected chi connectivity index (χ2v) is 6.13. The number of hydrogen-bond acceptors (Lipinski definition) is 4. The third-order valence-corrected chi connectivity index (χ3v) is 2.80. The van der Waals surface area contributed by atoms with Crippen LogP contribution in [0, 0.1) is 0 Å². The Morgan fingerprint density at radius 3 is 2.62 bits per heavy atom. The Kier molecular flexibility index (Phi) is 6.18. The zero-order valence-corrected chi connectivity index (χ0v) is 13.5. The summed E-state index contributed by atoms with van der Waals surface area (Å²) in [5, 5.41) is 12.8. The van der Waals surface area contributed by atoms with Gasteiger partial charge in [-0.15, -0.1) is 0 Å². The third-order valence-electron chi connectivity index (χ3n) is 2.80. The predicted molar refractivity (Wildman–Crippen MR) is 84.0 cm³/mol. The van der Waals surface area contributed by atoms with Crippen LogP contribution in [-0.2, 0) is 9.63 Å². The average molecular weight is 294 g/mol. The van der Waals surface area contributed by atoms with E-state index in [-0.39, 0.29) is 23.3 Å². The molecule has 5 nitrogen and oxygen atoms in total. The summed E-state index contributed by atoms with van der Waals surface area (Å²) >= 11 is 0. The lowest BCUT2D eigenvalue weighted by Gasteiger charge is -2.24. The lowest BCUT2D eigenvalue weighted by molar-refractivity contribution is -0.116. The molecule has 3 N–H and O–H groups in total. The quantitative estimate of drug-likeness (QED) is 0.554. The Labute approximate surface area is 126 Å². The van der Waals surface area contributed by atoms with Crippen molar-refractivity contribution < 1.29 is 14.7 Å². The topological polar surface area (TPSA) is 70.6 Å².